The maximum Gasteiger partial charge on any atom is 0.308 e. The minimum atomic E-state index is -0.476. The molecule has 0 amide bonds. The van der Waals surface area contributed by atoms with E-state index >= 15 is 0 Å². The highest BCUT2D eigenvalue weighted by molar-refractivity contribution is 5.73. The Kier molecular flexibility index (Phi) is 3.22. The lowest BCUT2D eigenvalue weighted by Gasteiger charge is -2.38. The predicted molar refractivity (Wildman–Crippen MR) is 57.7 cm³/mol. The van der Waals surface area contributed by atoms with E-state index in [1.165, 1.54) is 7.11 Å². The van der Waals surface area contributed by atoms with Crippen LogP contribution in [0.25, 0.3) is 0 Å². The van der Waals surface area contributed by atoms with Gasteiger partial charge >= 0.3 is 5.97 Å². The van der Waals surface area contributed by atoms with Crippen molar-refractivity contribution in [3.05, 3.63) is 0 Å². The molecule has 0 radical (unpaired) electrons. The molecule has 16 heavy (non-hydrogen) atoms. The summed E-state index contributed by atoms with van der Waals surface area (Å²) in [7, 11) is 4.83. The number of carbonyl (C=O) groups excluding carboxylic acids is 1. The summed E-state index contributed by atoms with van der Waals surface area (Å²) in [5.74, 6) is 0.377. The van der Waals surface area contributed by atoms with Crippen LogP contribution in [0, 0.1) is 17.8 Å². The van der Waals surface area contributed by atoms with E-state index < -0.39 is 5.79 Å². The van der Waals surface area contributed by atoms with Gasteiger partial charge in [0.1, 0.15) is 0 Å². The molecule has 2 bridgehead atoms. The lowest BCUT2D eigenvalue weighted by Crippen LogP contribution is -2.40. The predicted octanol–water partition coefficient (Wildman–Crippen LogP) is 1.58. The normalized spacial score (nSPS) is 36.1. The Bertz CT molecular complexity index is 272. The first-order valence-electron chi connectivity index (χ1n) is 5.82. The van der Waals surface area contributed by atoms with Gasteiger partial charge in [-0.3, -0.25) is 4.79 Å². The van der Waals surface area contributed by atoms with Crippen LogP contribution in [-0.2, 0) is 19.0 Å². The smallest absolute Gasteiger partial charge is 0.308 e. The van der Waals surface area contributed by atoms with Gasteiger partial charge in [0.25, 0.3) is 0 Å². The highest BCUT2D eigenvalue weighted by atomic mass is 16.7. The number of hydrogen-bond donors (Lipinski definition) is 0. The summed E-state index contributed by atoms with van der Waals surface area (Å²) in [5, 5.41) is 0. The molecule has 0 aromatic rings. The van der Waals surface area contributed by atoms with Crippen molar-refractivity contribution in [2.45, 2.75) is 31.5 Å². The fourth-order valence-electron chi connectivity index (χ4n) is 3.41. The molecule has 2 aliphatic carbocycles. The van der Waals surface area contributed by atoms with Crippen LogP contribution in [0.15, 0.2) is 0 Å². The van der Waals surface area contributed by atoms with Crippen LogP contribution in [0.4, 0.5) is 0 Å². The molecule has 92 valence electrons. The Morgan fingerprint density at radius 1 is 1.12 bits per heavy atom. The average molecular weight is 228 g/mol. The molecule has 2 saturated carbocycles. The third-order valence-corrected chi connectivity index (χ3v) is 4.21. The monoisotopic (exact) mass is 228 g/mol. The van der Waals surface area contributed by atoms with Crippen LogP contribution in [0.2, 0.25) is 0 Å². The van der Waals surface area contributed by atoms with E-state index in [2.05, 4.69) is 0 Å². The van der Waals surface area contributed by atoms with E-state index in [1.54, 1.807) is 14.2 Å². The first-order valence-corrected chi connectivity index (χ1v) is 5.82. The Hall–Kier alpha value is -0.610. The molecule has 0 aromatic heterocycles. The second-order valence-electron chi connectivity index (χ2n) is 4.95. The van der Waals surface area contributed by atoms with Crippen molar-refractivity contribution in [1.82, 2.24) is 0 Å². The Morgan fingerprint density at radius 3 is 2.38 bits per heavy atom. The lowest BCUT2D eigenvalue weighted by molar-refractivity contribution is -0.234. The van der Waals surface area contributed by atoms with Crippen molar-refractivity contribution >= 4 is 5.97 Å². The highest BCUT2D eigenvalue weighted by Crippen LogP contribution is 2.51. The van der Waals surface area contributed by atoms with Gasteiger partial charge in [0.15, 0.2) is 5.79 Å². The van der Waals surface area contributed by atoms with Crippen LogP contribution in [0.1, 0.15) is 25.7 Å². The number of rotatable bonds is 3. The van der Waals surface area contributed by atoms with Crippen molar-refractivity contribution in [1.29, 1.82) is 0 Å². The van der Waals surface area contributed by atoms with E-state index in [4.69, 9.17) is 14.2 Å². The number of fused-ring (bicyclic) bond motifs is 2. The molecule has 4 nitrogen and oxygen atoms in total. The molecule has 0 spiro atoms. The molecule has 0 saturated heterocycles. The first kappa shape index (κ1) is 11.9. The molecule has 0 N–H and O–H groups in total. The summed E-state index contributed by atoms with van der Waals surface area (Å²) < 4.78 is 15.8. The minimum absolute atomic E-state index is 0.0437. The van der Waals surface area contributed by atoms with Crippen molar-refractivity contribution < 1.29 is 19.0 Å². The van der Waals surface area contributed by atoms with Crippen molar-refractivity contribution in [3.63, 3.8) is 0 Å². The molecule has 2 rings (SSSR count). The zero-order chi connectivity index (χ0) is 11.8. The standard InChI is InChI=1S/C12H20O4/c1-14-11(13)10-5-8-4-9(10)7-12(6-8,15-2)16-3/h8-10H,4-7H2,1-3H3. The molecule has 3 unspecified atom stereocenters. The van der Waals surface area contributed by atoms with Crippen LogP contribution in [0.3, 0.4) is 0 Å². The largest absolute Gasteiger partial charge is 0.469 e. The summed E-state index contributed by atoms with van der Waals surface area (Å²) in [6.45, 7) is 0. The lowest BCUT2D eigenvalue weighted by atomic mass is 9.82. The first-order chi connectivity index (χ1) is 7.64. The molecular formula is C12H20O4. The maximum atomic E-state index is 11.6. The van der Waals surface area contributed by atoms with E-state index in [1.807, 2.05) is 0 Å². The zero-order valence-electron chi connectivity index (χ0n) is 10.2. The Morgan fingerprint density at radius 2 is 1.81 bits per heavy atom. The van der Waals surface area contributed by atoms with Gasteiger partial charge in [0.2, 0.25) is 0 Å². The average Bonchev–Trinajstić information content (AvgIpc) is 2.63. The topological polar surface area (TPSA) is 44.8 Å². The van der Waals surface area contributed by atoms with E-state index in [0.29, 0.717) is 11.8 Å². The van der Waals surface area contributed by atoms with Gasteiger partial charge < -0.3 is 14.2 Å². The van der Waals surface area contributed by atoms with Crippen LogP contribution >= 0.6 is 0 Å². The zero-order valence-corrected chi connectivity index (χ0v) is 10.2. The highest BCUT2D eigenvalue weighted by Gasteiger charge is 2.51. The number of ether oxygens (including phenoxy) is 3. The molecular weight excluding hydrogens is 208 g/mol. The molecule has 2 fully saturated rings. The third kappa shape index (κ3) is 1.84. The van der Waals surface area contributed by atoms with Gasteiger partial charge in [-0.05, 0) is 24.7 Å². The Labute approximate surface area is 96.2 Å². The van der Waals surface area contributed by atoms with Gasteiger partial charge in [0.05, 0.1) is 13.0 Å². The Balaban J connectivity index is 2.11. The molecule has 2 aliphatic rings. The minimum Gasteiger partial charge on any atom is -0.469 e. The van der Waals surface area contributed by atoms with Crippen LogP contribution < -0.4 is 0 Å². The summed E-state index contributed by atoms with van der Waals surface area (Å²) in [5.41, 5.74) is 0. The van der Waals surface area contributed by atoms with Crippen molar-refractivity contribution in [2.24, 2.45) is 17.8 Å². The molecule has 0 heterocycles. The summed E-state index contributed by atoms with van der Waals surface area (Å²) >= 11 is 0. The second-order valence-corrected chi connectivity index (χ2v) is 4.95. The van der Waals surface area contributed by atoms with Crippen LogP contribution in [-0.4, -0.2) is 33.1 Å². The molecule has 4 heteroatoms. The summed E-state index contributed by atoms with van der Waals surface area (Å²) in [6.07, 6.45) is 3.72. The van der Waals surface area contributed by atoms with E-state index in [9.17, 15) is 4.79 Å². The third-order valence-electron chi connectivity index (χ3n) is 4.21. The van der Waals surface area contributed by atoms with Gasteiger partial charge in [0, 0.05) is 27.1 Å². The second kappa shape index (κ2) is 4.34. The van der Waals surface area contributed by atoms with Crippen molar-refractivity contribution in [2.75, 3.05) is 21.3 Å². The summed E-state index contributed by atoms with van der Waals surface area (Å²) in [6, 6.07) is 0. The quantitative estimate of drug-likeness (QED) is 0.543. The fourth-order valence-corrected chi connectivity index (χ4v) is 3.41. The SMILES string of the molecule is COC(=O)C1CC2CC1CC(OC)(OC)C2. The van der Waals surface area contributed by atoms with Crippen molar-refractivity contribution in [3.8, 4) is 0 Å². The van der Waals surface area contributed by atoms with Gasteiger partial charge in [-0.1, -0.05) is 0 Å². The van der Waals surface area contributed by atoms with Gasteiger partial charge in [-0.25, -0.2) is 0 Å². The molecule has 0 aromatic carbocycles. The van der Waals surface area contributed by atoms with Gasteiger partial charge in [-0.15, -0.1) is 0 Å². The number of carbonyl (C=O) groups is 1. The number of methoxy groups -OCH3 is 3. The van der Waals surface area contributed by atoms with Crippen LogP contribution in [0.5, 0.6) is 0 Å². The fraction of sp³-hybridized carbons (Fsp3) is 0.917. The van der Waals surface area contributed by atoms with Gasteiger partial charge in [-0.2, -0.15) is 0 Å². The molecule has 3 atom stereocenters. The number of esters is 1. The molecule has 0 aliphatic heterocycles. The van der Waals surface area contributed by atoms with E-state index in [0.717, 1.165) is 25.7 Å². The maximum absolute atomic E-state index is 11.6. The summed E-state index contributed by atoms with van der Waals surface area (Å²) in [4.78, 5) is 11.6. The van der Waals surface area contributed by atoms with E-state index in [-0.39, 0.29) is 11.9 Å². The number of hydrogen-bond acceptors (Lipinski definition) is 4.